The monoisotopic (exact) mass is 430 g/mol. The lowest BCUT2D eigenvalue weighted by molar-refractivity contribution is -0.137. The van der Waals surface area contributed by atoms with Crippen LogP contribution in [-0.4, -0.2) is 33.7 Å². The zero-order chi connectivity index (χ0) is 21.8. The van der Waals surface area contributed by atoms with Gasteiger partial charge < -0.3 is 10.1 Å². The Kier molecular flexibility index (Phi) is 6.78. The molecule has 0 aliphatic heterocycles. The van der Waals surface area contributed by atoms with E-state index < -0.39 is 33.7 Å². The third kappa shape index (κ3) is 5.86. The molecule has 1 atom stereocenters. The number of benzene rings is 2. The summed E-state index contributed by atoms with van der Waals surface area (Å²) in [6, 6.07) is 9.45. The first-order valence-corrected chi connectivity index (χ1v) is 10.4. The standard InChI is InChI=1S/C19H21F3N2O4S/c1-13(18(25)23-12-14-7-9-17(28-2)10-8-14)24(29(3,26)27)16-6-4-5-15(11-16)19(20,21)22/h4-11,13H,12H2,1-3H3,(H,23,25). The molecule has 0 heterocycles. The molecule has 2 rings (SSSR count). The van der Waals surface area contributed by atoms with Gasteiger partial charge in [0.1, 0.15) is 11.8 Å². The zero-order valence-corrected chi connectivity index (χ0v) is 16.8. The highest BCUT2D eigenvalue weighted by atomic mass is 32.2. The number of nitrogens with one attached hydrogen (secondary N) is 1. The van der Waals surface area contributed by atoms with Crippen molar-refractivity contribution < 1.29 is 31.1 Å². The summed E-state index contributed by atoms with van der Waals surface area (Å²) in [4.78, 5) is 12.5. The Labute approximate surface area is 167 Å². The highest BCUT2D eigenvalue weighted by Crippen LogP contribution is 2.32. The van der Waals surface area contributed by atoms with Crippen molar-refractivity contribution in [2.75, 3.05) is 17.7 Å². The first-order chi connectivity index (χ1) is 13.4. The van der Waals surface area contributed by atoms with Crippen molar-refractivity contribution in [2.24, 2.45) is 0 Å². The Bertz CT molecular complexity index is 960. The van der Waals surface area contributed by atoms with Crippen LogP contribution in [0.4, 0.5) is 18.9 Å². The Balaban J connectivity index is 2.22. The van der Waals surface area contributed by atoms with Crippen LogP contribution in [0.25, 0.3) is 0 Å². The number of ether oxygens (including phenoxy) is 1. The van der Waals surface area contributed by atoms with Crippen LogP contribution in [0.15, 0.2) is 48.5 Å². The molecule has 1 unspecified atom stereocenters. The summed E-state index contributed by atoms with van der Waals surface area (Å²) >= 11 is 0. The van der Waals surface area contributed by atoms with Gasteiger partial charge in [-0.25, -0.2) is 8.42 Å². The van der Waals surface area contributed by atoms with E-state index in [1.165, 1.54) is 20.1 Å². The second-order valence-corrected chi connectivity index (χ2v) is 8.21. The summed E-state index contributed by atoms with van der Waals surface area (Å²) < 4.78 is 69.2. The van der Waals surface area contributed by atoms with Gasteiger partial charge in [-0.1, -0.05) is 18.2 Å². The SMILES string of the molecule is COc1ccc(CNC(=O)C(C)N(c2cccc(C(F)(F)F)c2)S(C)(=O)=O)cc1. The van der Waals surface area contributed by atoms with Crippen molar-refractivity contribution >= 4 is 21.6 Å². The van der Waals surface area contributed by atoms with E-state index in [0.717, 1.165) is 24.0 Å². The predicted octanol–water partition coefficient (Wildman–Crippen LogP) is 3.18. The second kappa shape index (κ2) is 8.73. The van der Waals surface area contributed by atoms with Crippen LogP contribution >= 0.6 is 0 Å². The molecule has 0 aromatic heterocycles. The van der Waals surface area contributed by atoms with Gasteiger partial charge in [-0.15, -0.1) is 0 Å². The van der Waals surface area contributed by atoms with Crippen LogP contribution in [0.1, 0.15) is 18.1 Å². The normalized spacial score (nSPS) is 12.9. The molecule has 0 saturated carbocycles. The number of hydrogen-bond donors (Lipinski definition) is 1. The van der Waals surface area contributed by atoms with Crippen LogP contribution in [0.3, 0.4) is 0 Å². The van der Waals surface area contributed by atoms with E-state index in [9.17, 15) is 26.4 Å². The van der Waals surface area contributed by atoms with Crippen molar-refractivity contribution in [1.82, 2.24) is 5.32 Å². The molecule has 0 bridgehead atoms. The maximum Gasteiger partial charge on any atom is 0.416 e. The van der Waals surface area contributed by atoms with E-state index >= 15 is 0 Å². The third-order valence-electron chi connectivity index (χ3n) is 4.14. The lowest BCUT2D eigenvalue weighted by Crippen LogP contribution is -2.47. The first-order valence-electron chi connectivity index (χ1n) is 8.51. The average Bonchev–Trinajstić information content (AvgIpc) is 2.65. The lowest BCUT2D eigenvalue weighted by Gasteiger charge is -2.28. The number of amides is 1. The Hall–Kier alpha value is -2.75. The quantitative estimate of drug-likeness (QED) is 0.732. The number of nitrogens with zero attached hydrogens (tertiary/aromatic N) is 1. The van der Waals surface area contributed by atoms with Gasteiger partial charge in [-0.2, -0.15) is 13.2 Å². The minimum Gasteiger partial charge on any atom is -0.497 e. The van der Waals surface area contributed by atoms with E-state index in [-0.39, 0.29) is 12.2 Å². The first kappa shape index (κ1) is 22.5. The van der Waals surface area contributed by atoms with Crippen molar-refractivity contribution in [1.29, 1.82) is 0 Å². The molecular weight excluding hydrogens is 409 g/mol. The molecule has 2 aromatic rings. The molecule has 0 fully saturated rings. The number of carbonyl (C=O) groups excluding carboxylic acids is 1. The number of anilines is 1. The molecule has 1 N–H and O–H groups in total. The van der Waals surface area contributed by atoms with Crippen molar-refractivity contribution in [3.8, 4) is 5.75 Å². The molecule has 10 heteroatoms. The average molecular weight is 430 g/mol. The lowest BCUT2D eigenvalue weighted by atomic mass is 10.1. The number of alkyl halides is 3. The molecule has 0 saturated heterocycles. The number of halogens is 3. The summed E-state index contributed by atoms with van der Waals surface area (Å²) in [6.07, 6.45) is -3.81. The van der Waals surface area contributed by atoms with E-state index in [1.807, 2.05) is 0 Å². The van der Waals surface area contributed by atoms with E-state index in [0.29, 0.717) is 16.1 Å². The number of hydrogen-bond acceptors (Lipinski definition) is 4. The van der Waals surface area contributed by atoms with Crippen LogP contribution in [0.2, 0.25) is 0 Å². The van der Waals surface area contributed by atoms with Crippen molar-refractivity contribution in [3.63, 3.8) is 0 Å². The Morgan fingerprint density at radius 2 is 1.79 bits per heavy atom. The van der Waals surface area contributed by atoms with Gasteiger partial charge in [0, 0.05) is 6.54 Å². The van der Waals surface area contributed by atoms with E-state index in [2.05, 4.69) is 5.32 Å². The topological polar surface area (TPSA) is 75.7 Å². The maximum atomic E-state index is 13.0. The zero-order valence-electron chi connectivity index (χ0n) is 16.0. The fraction of sp³-hybridized carbons (Fsp3) is 0.316. The van der Waals surface area contributed by atoms with E-state index in [4.69, 9.17) is 4.74 Å². The summed E-state index contributed by atoms with van der Waals surface area (Å²) in [5.41, 5.74) is -0.500. The molecule has 1 amide bonds. The number of methoxy groups -OCH3 is 1. The molecule has 0 spiro atoms. The summed E-state index contributed by atoms with van der Waals surface area (Å²) in [5, 5.41) is 2.60. The highest BCUT2D eigenvalue weighted by Gasteiger charge is 2.34. The largest absolute Gasteiger partial charge is 0.497 e. The van der Waals surface area contributed by atoms with Gasteiger partial charge in [-0.3, -0.25) is 9.10 Å². The number of carbonyl (C=O) groups is 1. The molecule has 0 aliphatic rings. The van der Waals surface area contributed by atoms with Gasteiger partial charge in [0.05, 0.1) is 24.6 Å². The molecule has 0 radical (unpaired) electrons. The van der Waals surface area contributed by atoms with E-state index in [1.54, 1.807) is 24.3 Å². The summed E-state index contributed by atoms with van der Waals surface area (Å²) in [6.45, 7) is 1.43. The molecule has 2 aromatic carbocycles. The van der Waals surface area contributed by atoms with Crippen LogP contribution < -0.4 is 14.4 Å². The van der Waals surface area contributed by atoms with Crippen LogP contribution in [-0.2, 0) is 27.5 Å². The fourth-order valence-corrected chi connectivity index (χ4v) is 3.88. The Morgan fingerprint density at radius 3 is 2.31 bits per heavy atom. The molecule has 6 nitrogen and oxygen atoms in total. The number of sulfonamides is 1. The molecule has 158 valence electrons. The Morgan fingerprint density at radius 1 is 1.17 bits per heavy atom. The minimum atomic E-state index is -4.64. The van der Waals surface area contributed by atoms with Gasteiger partial charge in [0.25, 0.3) is 0 Å². The highest BCUT2D eigenvalue weighted by molar-refractivity contribution is 7.92. The minimum absolute atomic E-state index is 0.118. The second-order valence-electron chi connectivity index (χ2n) is 6.35. The molecular formula is C19H21F3N2O4S. The summed E-state index contributed by atoms with van der Waals surface area (Å²) in [5.74, 6) is -0.00935. The predicted molar refractivity (Wildman–Crippen MR) is 103 cm³/mol. The van der Waals surface area contributed by atoms with Gasteiger partial charge in [-0.05, 0) is 42.8 Å². The van der Waals surface area contributed by atoms with Crippen LogP contribution in [0.5, 0.6) is 5.75 Å². The van der Waals surface area contributed by atoms with Crippen molar-refractivity contribution in [3.05, 3.63) is 59.7 Å². The summed E-state index contributed by atoms with van der Waals surface area (Å²) in [7, 11) is -2.51. The van der Waals surface area contributed by atoms with Gasteiger partial charge in [0.15, 0.2) is 0 Å². The smallest absolute Gasteiger partial charge is 0.416 e. The van der Waals surface area contributed by atoms with Gasteiger partial charge in [0.2, 0.25) is 15.9 Å². The number of rotatable bonds is 7. The van der Waals surface area contributed by atoms with Crippen LogP contribution in [0, 0.1) is 0 Å². The third-order valence-corrected chi connectivity index (χ3v) is 5.38. The van der Waals surface area contributed by atoms with Gasteiger partial charge >= 0.3 is 6.18 Å². The van der Waals surface area contributed by atoms with Crippen molar-refractivity contribution in [2.45, 2.75) is 25.7 Å². The molecule has 0 aliphatic carbocycles. The fourth-order valence-electron chi connectivity index (χ4n) is 2.71. The molecule has 29 heavy (non-hydrogen) atoms. The maximum absolute atomic E-state index is 13.0.